The Labute approximate surface area is 112 Å². The standard InChI is InChI=1S/C12H20N4OS/c1-17-7-9-6-11(16-13)15-12(14-9)8-18-10-4-2-3-5-10/h6,10H,2-5,7-8,13H2,1H3,(H,14,15,16). The van der Waals surface area contributed by atoms with Crippen molar-refractivity contribution in [2.45, 2.75) is 43.3 Å². The van der Waals surface area contributed by atoms with Crippen LogP contribution in [0.3, 0.4) is 0 Å². The molecule has 1 aromatic rings. The molecule has 0 unspecified atom stereocenters. The minimum absolute atomic E-state index is 0.484. The number of rotatable bonds is 6. The third-order valence-corrected chi connectivity index (χ3v) is 4.38. The molecule has 18 heavy (non-hydrogen) atoms. The first-order valence-corrected chi connectivity index (χ1v) is 7.30. The van der Waals surface area contributed by atoms with Crippen LogP contribution in [0.2, 0.25) is 0 Å². The van der Waals surface area contributed by atoms with Gasteiger partial charge in [-0.3, -0.25) is 0 Å². The van der Waals surface area contributed by atoms with Crippen molar-refractivity contribution < 1.29 is 4.74 Å². The van der Waals surface area contributed by atoms with Crippen LogP contribution in [0.15, 0.2) is 6.07 Å². The Bertz CT molecular complexity index is 382. The van der Waals surface area contributed by atoms with Crippen LogP contribution < -0.4 is 11.3 Å². The Kier molecular flexibility index (Phi) is 5.22. The number of thioether (sulfide) groups is 1. The van der Waals surface area contributed by atoms with E-state index < -0.39 is 0 Å². The summed E-state index contributed by atoms with van der Waals surface area (Å²) in [6, 6.07) is 1.81. The van der Waals surface area contributed by atoms with Crippen molar-refractivity contribution in [3.8, 4) is 0 Å². The number of ether oxygens (including phenoxy) is 1. The second kappa shape index (κ2) is 6.92. The molecule has 1 aromatic heterocycles. The monoisotopic (exact) mass is 268 g/mol. The fourth-order valence-corrected chi connectivity index (χ4v) is 3.34. The number of hydrogen-bond donors (Lipinski definition) is 2. The van der Waals surface area contributed by atoms with Gasteiger partial charge in [-0.15, -0.1) is 0 Å². The van der Waals surface area contributed by atoms with Gasteiger partial charge in [-0.05, 0) is 12.8 Å². The van der Waals surface area contributed by atoms with E-state index in [-0.39, 0.29) is 0 Å². The number of nitrogens with zero attached hydrogens (tertiary/aromatic N) is 2. The fourth-order valence-electron chi connectivity index (χ4n) is 2.16. The molecule has 0 spiro atoms. The zero-order chi connectivity index (χ0) is 12.8. The second-order valence-electron chi connectivity index (χ2n) is 4.46. The summed E-state index contributed by atoms with van der Waals surface area (Å²) >= 11 is 1.95. The van der Waals surface area contributed by atoms with E-state index in [0.717, 1.165) is 22.5 Å². The predicted molar refractivity (Wildman–Crippen MR) is 74.1 cm³/mol. The average Bonchev–Trinajstić information content (AvgIpc) is 2.89. The predicted octanol–water partition coefficient (Wildman–Crippen LogP) is 2.08. The lowest BCUT2D eigenvalue weighted by atomic mass is 10.4. The van der Waals surface area contributed by atoms with Crippen LogP contribution in [0, 0.1) is 0 Å². The molecule has 0 atom stereocenters. The number of nitrogen functional groups attached to an aromatic ring is 1. The van der Waals surface area contributed by atoms with Crippen molar-refractivity contribution in [1.29, 1.82) is 0 Å². The van der Waals surface area contributed by atoms with Gasteiger partial charge in [0, 0.05) is 18.4 Å². The van der Waals surface area contributed by atoms with Crippen LogP contribution in [0.5, 0.6) is 0 Å². The van der Waals surface area contributed by atoms with E-state index in [0.29, 0.717) is 12.4 Å². The van der Waals surface area contributed by atoms with Crippen LogP contribution in [0.4, 0.5) is 5.82 Å². The normalized spacial score (nSPS) is 16.1. The molecule has 1 fully saturated rings. The average molecular weight is 268 g/mol. The molecule has 1 aliphatic carbocycles. The van der Waals surface area contributed by atoms with Crippen molar-refractivity contribution in [3.63, 3.8) is 0 Å². The number of nitrogens with one attached hydrogen (secondary N) is 1. The number of hydrogen-bond acceptors (Lipinski definition) is 6. The largest absolute Gasteiger partial charge is 0.378 e. The summed E-state index contributed by atoms with van der Waals surface area (Å²) in [6.07, 6.45) is 5.37. The lowest BCUT2D eigenvalue weighted by molar-refractivity contribution is 0.181. The Hall–Kier alpha value is -0.850. The van der Waals surface area contributed by atoms with Gasteiger partial charge in [-0.2, -0.15) is 11.8 Å². The zero-order valence-electron chi connectivity index (χ0n) is 10.7. The molecule has 6 heteroatoms. The summed E-state index contributed by atoms with van der Waals surface area (Å²) in [5.41, 5.74) is 3.44. The Morgan fingerprint density at radius 3 is 2.89 bits per heavy atom. The lowest BCUT2D eigenvalue weighted by Crippen LogP contribution is -2.12. The molecule has 5 nitrogen and oxygen atoms in total. The summed E-state index contributed by atoms with van der Waals surface area (Å²) in [5, 5.41) is 0.772. The minimum Gasteiger partial charge on any atom is -0.378 e. The van der Waals surface area contributed by atoms with Gasteiger partial charge in [0.05, 0.1) is 18.1 Å². The molecule has 0 radical (unpaired) electrons. The summed E-state index contributed by atoms with van der Waals surface area (Å²) in [7, 11) is 1.66. The molecule has 0 amide bonds. The molecular formula is C12H20N4OS. The quantitative estimate of drug-likeness (QED) is 0.608. The van der Waals surface area contributed by atoms with E-state index in [9.17, 15) is 0 Å². The SMILES string of the molecule is COCc1cc(NN)nc(CSC2CCCC2)n1. The third kappa shape index (κ3) is 3.83. The van der Waals surface area contributed by atoms with E-state index >= 15 is 0 Å². The fraction of sp³-hybridized carbons (Fsp3) is 0.667. The highest BCUT2D eigenvalue weighted by atomic mass is 32.2. The number of hydrazine groups is 1. The molecule has 0 bridgehead atoms. The molecule has 2 rings (SSSR count). The van der Waals surface area contributed by atoms with Gasteiger partial charge < -0.3 is 10.2 Å². The highest BCUT2D eigenvalue weighted by molar-refractivity contribution is 7.99. The summed E-state index contributed by atoms with van der Waals surface area (Å²) in [4.78, 5) is 8.85. The van der Waals surface area contributed by atoms with Crippen LogP contribution >= 0.6 is 11.8 Å². The molecule has 1 heterocycles. The van der Waals surface area contributed by atoms with Crippen molar-refractivity contribution in [2.24, 2.45) is 5.84 Å². The summed E-state index contributed by atoms with van der Waals surface area (Å²) in [5.74, 6) is 7.74. The Morgan fingerprint density at radius 1 is 1.44 bits per heavy atom. The van der Waals surface area contributed by atoms with E-state index in [1.807, 2.05) is 17.8 Å². The van der Waals surface area contributed by atoms with E-state index in [4.69, 9.17) is 10.6 Å². The van der Waals surface area contributed by atoms with Crippen LogP contribution in [0.25, 0.3) is 0 Å². The van der Waals surface area contributed by atoms with Crippen molar-refractivity contribution in [3.05, 3.63) is 17.6 Å². The van der Waals surface area contributed by atoms with Gasteiger partial charge in [-0.1, -0.05) is 12.8 Å². The van der Waals surface area contributed by atoms with Gasteiger partial charge in [-0.25, -0.2) is 15.8 Å². The van der Waals surface area contributed by atoms with Gasteiger partial charge >= 0.3 is 0 Å². The van der Waals surface area contributed by atoms with Gasteiger partial charge in [0.15, 0.2) is 0 Å². The molecule has 1 aliphatic rings. The molecule has 100 valence electrons. The van der Waals surface area contributed by atoms with Crippen molar-refractivity contribution in [1.82, 2.24) is 9.97 Å². The van der Waals surface area contributed by atoms with Gasteiger partial charge in [0.25, 0.3) is 0 Å². The maximum Gasteiger partial charge on any atom is 0.144 e. The van der Waals surface area contributed by atoms with Crippen molar-refractivity contribution >= 4 is 17.6 Å². The number of nitrogens with two attached hydrogens (primary N) is 1. The molecule has 0 aromatic carbocycles. The molecule has 1 saturated carbocycles. The molecule has 3 N–H and O–H groups in total. The molecule has 0 saturated heterocycles. The third-order valence-electron chi connectivity index (χ3n) is 3.02. The molecular weight excluding hydrogens is 248 g/mol. The number of methoxy groups -OCH3 is 1. The first-order chi connectivity index (χ1) is 8.81. The van der Waals surface area contributed by atoms with E-state index in [1.54, 1.807) is 7.11 Å². The van der Waals surface area contributed by atoms with E-state index in [1.165, 1.54) is 25.7 Å². The second-order valence-corrected chi connectivity index (χ2v) is 5.74. The van der Waals surface area contributed by atoms with Crippen LogP contribution in [0.1, 0.15) is 37.2 Å². The maximum absolute atomic E-state index is 5.41. The first-order valence-electron chi connectivity index (χ1n) is 6.26. The van der Waals surface area contributed by atoms with Crippen molar-refractivity contribution in [2.75, 3.05) is 12.5 Å². The zero-order valence-corrected chi connectivity index (χ0v) is 11.5. The maximum atomic E-state index is 5.41. The van der Waals surface area contributed by atoms with Crippen LogP contribution in [-0.4, -0.2) is 22.3 Å². The lowest BCUT2D eigenvalue weighted by Gasteiger charge is -2.10. The van der Waals surface area contributed by atoms with E-state index in [2.05, 4.69) is 15.4 Å². The van der Waals surface area contributed by atoms with Gasteiger partial charge in [0.1, 0.15) is 11.6 Å². The number of aromatic nitrogens is 2. The topological polar surface area (TPSA) is 73.1 Å². The highest BCUT2D eigenvalue weighted by Gasteiger charge is 2.16. The number of anilines is 1. The van der Waals surface area contributed by atoms with Crippen LogP contribution in [-0.2, 0) is 17.1 Å². The Morgan fingerprint density at radius 2 is 2.22 bits per heavy atom. The Balaban J connectivity index is 1.98. The minimum atomic E-state index is 0.484. The summed E-state index contributed by atoms with van der Waals surface area (Å²) in [6.45, 7) is 0.484. The van der Waals surface area contributed by atoms with Gasteiger partial charge in [0.2, 0.25) is 0 Å². The highest BCUT2D eigenvalue weighted by Crippen LogP contribution is 2.31. The summed E-state index contributed by atoms with van der Waals surface area (Å²) < 4.78 is 5.09. The smallest absolute Gasteiger partial charge is 0.144 e. The molecule has 0 aliphatic heterocycles. The first kappa shape index (κ1) is 13.6.